The van der Waals surface area contributed by atoms with Gasteiger partial charge in [-0.3, -0.25) is 43.2 Å². The summed E-state index contributed by atoms with van der Waals surface area (Å²) in [5.74, 6) is -9.04. The second-order valence-corrected chi connectivity index (χ2v) is 14.3. The lowest BCUT2D eigenvalue weighted by molar-refractivity contribution is -0.143. The summed E-state index contributed by atoms with van der Waals surface area (Å²) in [6.45, 7) is 0. The largest absolute Gasteiger partial charge is 0.508 e. The Morgan fingerprint density at radius 2 is 0.913 bits per heavy atom. The van der Waals surface area contributed by atoms with Gasteiger partial charge in [-0.2, -0.15) is 0 Å². The van der Waals surface area contributed by atoms with Crippen molar-refractivity contribution in [2.75, 3.05) is 0 Å². The van der Waals surface area contributed by atoms with Crippen LogP contribution in [0.2, 0.25) is 0 Å². The number of phenols is 2. The van der Waals surface area contributed by atoms with Crippen LogP contribution in [-0.2, 0) is 56.0 Å². The van der Waals surface area contributed by atoms with E-state index in [1.54, 1.807) is 42.5 Å². The number of carboxylic acid groups (broad SMARTS) is 7. The first-order valence-corrected chi connectivity index (χ1v) is 20.5. The van der Waals surface area contributed by atoms with E-state index in [9.17, 15) is 58.2 Å². The Labute approximate surface area is 397 Å². The number of amides is 2. The number of terminal acetylenes is 1. The van der Waals surface area contributed by atoms with E-state index in [0.717, 1.165) is 5.56 Å². The Bertz CT molecular complexity index is 2170. The van der Waals surface area contributed by atoms with Gasteiger partial charge < -0.3 is 68.1 Å². The Hall–Kier alpha value is -8.36. The molecule has 0 aromatic heterocycles. The van der Waals surface area contributed by atoms with E-state index >= 15 is 0 Å². The number of aromatic hydroxyl groups is 2. The number of hydrogen-bond acceptors (Lipinski definition) is 14. The van der Waals surface area contributed by atoms with E-state index in [1.165, 1.54) is 42.8 Å². The maximum atomic E-state index is 12.5. The monoisotopic (exact) mass is 971 g/mol. The number of carbonyl (C=O) groups excluding carboxylic acids is 3. The average Bonchev–Trinajstić information content (AvgIpc) is 3.28. The number of carboxylic acids is 7. The van der Waals surface area contributed by atoms with E-state index in [1.807, 2.05) is 0 Å². The molecule has 3 aromatic rings. The summed E-state index contributed by atoms with van der Waals surface area (Å²) in [7, 11) is 0. The molecular formula is C46H58N4O19. The molecule has 3 rings (SSSR count). The fraction of sp³-hybridized carbons (Fsp3) is 0.348. The minimum atomic E-state index is -1.35. The first kappa shape index (κ1) is 60.6. The van der Waals surface area contributed by atoms with E-state index < -0.39 is 84.2 Å². The Morgan fingerprint density at radius 1 is 0.507 bits per heavy atom. The molecule has 0 saturated heterocycles. The lowest BCUT2D eigenvalue weighted by atomic mass is 10.0. The van der Waals surface area contributed by atoms with Crippen LogP contribution in [0.25, 0.3) is 0 Å². The maximum Gasteiger partial charge on any atom is 0.326 e. The molecule has 3 aromatic carbocycles. The van der Waals surface area contributed by atoms with Crippen molar-refractivity contribution in [2.45, 2.75) is 101 Å². The molecule has 15 N–H and O–H groups in total. The third-order valence-electron chi connectivity index (χ3n) is 8.64. The molecule has 0 heterocycles. The molecule has 4 unspecified atom stereocenters. The first-order chi connectivity index (χ1) is 32.8. The molecule has 4 atom stereocenters. The minimum absolute atomic E-state index is 0.00555. The van der Waals surface area contributed by atoms with Gasteiger partial charge in [-0.05, 0) is 67.5 Å². The third-order valence-corrected chi connectivity index (χ3v) is 8.64. The van der Waals surface area contributed by atoms with Crippen molar-refractivity contribution in [1.82, 2.24) is 10.6 Å². The average molecular weight is 972 g/mol. The number of rotatable bonds is 25. The van der Waals surface area contributed by atoms with Crippen molar-refractivity contribution in [3.63, 3.8) is 0 Å². The molecule has 376 valence electrons. The standard InChI is InChI=1S/C19H24N2O9.C11H13NO3.C9H11NO3.C5H8O4.C2H2/c22-12-6-4-11(5-7-12)10-14(19(29)30)21-18(28)13(8-9-17(26)27)20-15(23)2-1-3-16(24)25;12-9(6-7-10(13)14)11(15)8-4-2-1-3-5-8;10-8(9(12)13)5-6-1-3-7(11)4-2-6;6-4(7)2-1-3-5(8)9;1-2/h4-7,13-14,22H,1-3,8-10H2,(H,20,23)(H,21,28)(H,24,25)(H,26,27)(H,29,30);1-5,9H,6-7,12H2,(H,13,14);1-4,8,11H,5,10H2,(H,12,13);1-3H2,(H,6,7)(H,8,9);1-2H/i;;;;1D. The highest BCUT2D eigenvalue weighted by Crippen LogP contribution is 2.13. The van der Waals surface area contributed by atoms with Crippen molar-refractivity contribution < 1.29 is 95.3 Å². The van der Waals surface area contributed by atoms with Gasteiger partial charge in [0.25, 0.3) is 0 Å². The molecular weight excluding hydrogens is 913 g/mol. The number of hydrogen-bond donors (Lipinski definition) is 13. The summed E-state index contributed by atoms with van der Waals surface area (Å²) in [5.41, 5.74) is 12.8. The molecule has 23 heteroatoms. The van der Waals surface area contributed by atoms with Crippen molar-refractivity contribution in [1.29, 1.82) is 0 Å². The zero-order chi connectivity index (χ0) is 53.8. The van der Waals surface area contributed by atoms with Crippen LogP contribution in [0.4, 0.5) is 0 Å². The predicted octanol–water partition coefficient (Wildman–Crippen LogP) is 2.09. The molecule has 0 fully saturated rings. The number of ketones is 1. The van der Waals surface area contributed by atoms with Gasteiger partial charge >= 0.3 is 41.8 Å². The van der Waals surface area contributed by atoms with Gasteiger partial charge in [-0.1, -0.05) is 54.6 Å². The third kappa shape index (κ3) is 32.9. The van der Waals surface area contributed by atoms with Gasteiger partial charge in [0.15, 0.2) is 5.78 Å². The normalized spacial score (nSPS) is 11.6. The molecule has 0 spiro atoms. The highest BCUT2D eigenvalue weighted by atomic mass is 16.4. The zero-order valence-electron chi connectivity index (χ0n) is 38.1. The summed E-state index contributed by atoms with van der Waals surface area (Å²) in [6, 6.07) is 16.4. The molecule has 0 saturated carbocycles. The molecule has 23 nitrogen and oxygen atoms in total. The molecule has 0 aliphatic carbocycles. The number of nitrogens with one attached hydrogen (secondary N) is 2. The Balaban J connectivity index is 0. The summed E-state index contributed by atoms with van der Waals surface area (Å²) in [5, 5.41) is 82.7. The Kier molecular flexibility index (Phi) is 31.5. The van der Waals surface area contributed by atoms with Crippen LogP contribution in [0.3, 0.4) is 0 Å². The molecule has 0 aliphatic heterocycles. The van der Waals surface area contributed by atoms with Crippen molar-refractivity contribution in [2.24, 2.45) is 11.5 Å². The van der Waals surface area contributed by atoms with Crippen LogP contribution in [0.15, 0.2) is 78.9 Å². The minimum Gasteiger partial charge on any atom is -0.508 e. The van der Waals surface area contributed by atoms with Crippen LogP contribution < -0.4 is 22.1 Å². The number of nitrogens with two attached hydrogens (primary N) is 2. The number of carbonyl (C=O) groups is 10. The summed E-state index contributed by atoms with van der Waals surface area (Å²) in [6.07, 6.45) is 5.01. The fourth-order valence-corrected chi connectivity index (χ4v) is 5.13. The SMILES string of the molecule is NC(CCC(=O)O)C(=O)c1ccccc1.NC(Cc1ccc(O)cc1)C(=O)O.O=C(O)CCCC(=O)NC(CCC(=O)O)C(=O)NC(Cc1ccc(O)cc1)C(=O)O.O=C(O)CCCC(=O)O.[2H]C#C. The van der Waals surface area contributed by atoms with Crippen LogP contribution in [-0.4, -0.2) is 130 Å². The van der Waals surface area contributed by atoms with E-state index in [0.29, 0.717) is 11.1 Å². The number of aliphatic carboxylic acids is 7. The van der Waals surface area contributed by atoms with Gasteiger partial charge in [0.05, 0.1) is 6.04 Å². The van der Waals surface area contributed by atoms with E-state index in [2.05, 4.69) is 17.1 Å². The van der Waals surface area contributed by atoms with Crippen molar-refractivity contribution in [3.8, 4) is 24.3 Å². The fourth-order valence-electron chi connectivity index (χ4n) is 5.13. The van der Waals surface area contributed by atoms with Gasteiger partial charge in [-0.15, -0.1) is 12.8 Å². The lowest BCUT2D eigenvalue weighted by Crippen LogP contribution is -2.52. The van der Waals surface area contributed by atoms with Gasteiger partial charge in [0.2, 0.25) is 11.8 Å². The summed E-state index contributed by atoms with van der Waals surface area (Å²) >= 11 is 0. The van der Waals surface area contributed by atoms with Crippen LogP contribution >= 0.6 is 0 Å². The van der Waals surface area contributed by atoms with Crippen molar-refractivity contribution >= 4 is 59.4 Å². The maximum absolute atomic E-state index is 12.5. The molecule has 69 heavy (non-hydrogen) atoms. The van der Waals surface area contributed by atoms with E-state index in [-0.39, 0.29) is 87.9 Å². The molecule has 0 radical (unpaired) electrons. The number of benzene rings is 3. The molecule has 2 amide bonds. The van der Waals surface area contributed by atoms with Crippen LogP contribution in [0, 0.1) is 12.8 Å². The zero-order valence-corrected chi connectivity index (χ0v) is 37.1. The van der Waals surface area contributed by atoms with Gasteiger partial charge in [0.1, 0.15) is 31.0 Å². The van der Waals surface area contributed by atoms with Crippen LogP contribution in [0.1, 0.15) is 87.1 Å². The highest BCUT2D eigenvalue weighted by Gasteiger charge is 2.27. The number of Topliss-reactive ketones (excluding diaryl/α,β-unsaturated/α-hetero) is 1. The smallest absolute Gasteiger partial charge is 0.326 e. The Morgan fingerprint density at radius 3 is 1.32 bits per heavy atom. The number of phenolic OH excluding ortho intramolecular Hbond substituents is 2. The van der Waals surface area contributed by atoms with Gasteiger partial charge in [-0.25, -0.2) is 4.79 Å². The van der Waals surface area contributed by atoms with Crippen LogP contribution in [0.5, 0.6) is 11.5 Å². The molecule has 0 bridgehead atoms. The first-order valence-electron chi connectivity index (χ1n) is 21.0. The quantitative estimate of drug-likeness (QED) is 0.0427. The second-order valence-electron chi connectivity index (χ2n) is 14.3. The highest BCUT2D eigenvalue weighted by molar-refractivity contribution is 6.00. The van der Waals surface area contributed by atoms with E-state index in [4.69, 9.17) is 48.6 Å². The second kappa shape index (κ2) is 35.8. The summed E-state index contributed by atoms with van der Waals surface area (Å²) < 4.78 is 5.74. The topological polar surface area (TPSA) is 429 Å². The van der Waals surface area contributed by atoms with Crippen molar-refractivity contribution in [3.05, 3.63) is 95.6 Å². The lowest BCUT2D eigenvalue weighted by Gasteiger charge is -2.21. The molecule has 0 aliphatic rings. The summed E-state index contributed by atoms with van der Waals surface area (Å²) in [4.78, 5) is 109. The predicted molar refractivity (Wildman–Crippen MR) is 244 cm³/mol. The van der Waals surface area contributed by atoms with Gasteiger partial charge in [0, 0.05) is 50.5 Å².